The molecule has 0 aliphatic heterocycles. The van der Waals surface area contributed by atoms with Gasteiger partial charge >= 0.3 is 0 Å². The minimum Gasteiger partial charge on any atom is -0.455 e. The van der Waals surface area contributed by atoms with Crippen LogP contribution in [0, 0.1) is 11.5 Å². The Morgan fingerprint density at radius 2 is 1.30 bits per heavy atom. The van der Waals surface area contributed by atoms with E-state index in [2.05, 4.69) is 89.4 Å². The van der Waals surface area contributed by atoms with Gasteiger partial charge in [-0.25, -0.2) is 0 Å². The second kappa shape index (κ2) is 7.78. The fourth-order valence-electron chi connectivity index (χ4n) is 4.57. The van der Waals surface area contributed by atoms with E-state index >= 15 is 0 Å². The Kier molecular flexibility index (Phi) is 5.63. The van der Waals surface area contributed by atoms with Crippen molar-refractivity contribution in [2.24, 2.45) is 0 Å². The van der Waals surface area contributed by atoms with Crippen LogP contribution in [0.1, 0.15) is 47.1 Å². The molecular weight excluding hydrogens is 344 g/mol. The van der Waals surface area contributed by atoms with Crippen LogP contribution in [0.4, 0.5) is 0 Å². The van der Waals surface area contributed by atoms with Crippen molar-refractivity contribution in [1.82, 2.24) is 0 Å². The molecule has 0 N–H and O–H groups in total. The fraction of sp³-hybridized carbons (Fsp3) is 0.360. The molecule has 0 aliphatic carbocycles. The normalized spacial score (nSPS) is 12.0. The molecule has 140 valence electrons. The largest absolute Gasteiger partial charge is 0.455 e. The molecule has 27 heavy (non-hydrogen) atoms. The van der Waals surface area contributed by atoms with Crippen molar-refractivity contribution in [2.75, 3.05) is 0 Å². The lowest BCUT2D eigenvalue weighted by Crippen LogP contribution is -2.43. The van der Waals surface area contributed by atoms with Gasteiger partial charge in [-0.3, -0.25) is 0 Å². The first-order chi connectivity index (χ1) is 12.9. The van der Waals surface area contributed by atoms with Gasteiger partial charge in [0, 0.05) is 10.9 Å². The Morgan fingerprint density at radius 1 is 0.741 bits per heavy atom. The molecule has 0 aliphatic rings. The highest BCUT2D eigenvalue weighted by atomic mass is 28.3. The number of para-hydroxylation sites is 1. The summed E-state index contributed by atoms with van der Waals surface area (Å²) >= 11 is 0. The van der Waals surface area contributed by atoms with E-state index < -0.39 is 8.07 Å². The summed E-state index contributed by atoms with van der Waals surface area (Å²) in [5.74, 6) is 4.53. The van der Waals surface area contributed by atoms with E-state index in [0.717, 1.165) is 27.9 Å². The second-order valence-corrected chi connectivity index (χ2v) is 13.9. The molecule has 3 rings (SSSR count). The standard InChI is InChI=1S/C25H30OSi/c1-18(2)27(19(3)4,20(5)6)17-16-23-22-14-10-11-15-24(22)26-25(23)21-12-8-7-9-13-21/h7-15,18-20H,1-6H3. The van der Waals surface area contributed by atoms with Gasteiger partial charge in [-0.15, -0.1) is 5.54 Å². The molecule has 2 aromatic carbocycles. The summed E-state index contributed by atoms with van der Waals surface area (Å²) in [7, 11) is -1.80. The topological polar surface area (TPSA) is 13.1 Å². The van der Waals surface area contributed by atoms with Gasteiger partial charge in [0.1, 0.15) is 13.7 Å². The molecule has 0 saturated carbocycles. The molecule has 0 fully saturated rings. The summed E-state index contributed by atoms with van der Waals surface area (Å²) in [4.78, 5) is 0. The Morgan fingerprint density at radius 3 is 1.89 bits per heavy atom. The molecular formula is C25H30OSi. The third-order valence-electron chi connectivity index (χ3n) is 5.90. The van der Waals surface area contributed by atoms with Crippen LogP contribution in [-0.4, -0.2) is 8.07 Å². The van der Waals surface area contributed by atoms with Gasteiger partial charge in [-0.2, -0.15) is 0 Å². The predicted octanol–water partition coefficient (Wildman–Crippen LogP) is 7.67. The lowest BCUT2D eigenvalue weighted by Gasteiger charge is -2.38. The zero-order valence-electron chi connectivity index (χ0n) is 17.3. The number of furan rings is 1. The maximum atomic E-state index is 6.24. The van der Waals surface area contributed by atoms with Crippen molar-refractivity contribution in [2.45, 2.75) is 58.2 Å². The first-order valence-electron chi connectivity index (χ1n) is 9.98. The van der Waals surface area contributed by atoms with Crippen LogP contribution in [0.15, 0.2) is 59.0 Å². The Hall–Kier alpha value is -2.24. The van der Waals surface area contributed by atoms with E-state index in [1.54, 1.807) is 0 Å². The van der Waals surface area contributed by atoms with Crippen LogP contribution < -0.4 is 0 Å². The van der Waals surface area contributed by atoms with Gasteiger partial charge in [0.2, 0.25) is 0 Å². The minimum atomic E-state index is -1.80. The van der Waals surface area contributed by atoms with E-state index in [9.17, 15) is 0 Å². The maximum Gasteiger partial charge on any atom is 0.151 e. The van der Waals surface area contributed by atoms with Gasteiger partial charge in [0.15, 0.2) is 5.76 Å². The molecule has 0 spiro atoms. The second-order valence-electron chi connectivity index (χ2n) is 8.32. The van der Waals surface area contributed by atoms with Crippen LogP contribution in [0.2, 0.25) is 16.6 Å². The molecule has 0 unspecified atom stereocenters. The Balaban J connectivity index is 2.25. The third-order valence-corrected chi connectivity index (χ3v) is 12.2. The number of fused-ring (bicyclic) bond motifs is 1. The zero-order chi connectivity index (χ0) is 19.6. The van der Waals surface area contributed by atoms with Gasteiger partial charge in [-0.1, -0.05) is 89.9 Å². The van der Waals surface area contributed by atoms with Crippen molar-refractivity contribution < 1.29 is 4.42 Å². The van der Waals surface area contributed by atoms with E-state index in [-0.39, 0.29) is 0 Å². The predicted molar refractivity (Wildman–Crippen MR) is 120 cm³/mol. The number of hydrogen-bond donors (Lipinski definition) is 0. The summed E-state index contributed by atoms with van der Waals surface area (Å²) < 4.78 is 6.24. The van der Waals surface area contributed by atoms with Crippen molar-refractivity contribution in [3.05, 3.63) is 60.2 Å². The van der Waals surface area contributed by atoms with Crippen LogP contribution in [-0.2, 0) is 0 Å². The number of hydrogen-bond acceptors (Lipinski definition) is 1. The van der Waals surface area contributed by atoms with Crippen LogP contribution in [0.5, 0.6) is 0 Å². The van der Waals surface area contributed by atoms with Gasteiger partial charge in [0.25, 0.3) is 0 Å². The SMILES string of the molecule is CC(C)[Si](C#Cc1c(-c2ccccc2)oc2ccccc12)(C(C)C)C(C)C. The third kappa shape index (κ3) is 3.49. The van der Waals surface area contributed by atoms with Gasteiger partial charge in [0.05, 0.1) is 5.56 Å². The van der Waals surface area contributed by atoms with Crippen molar-refractivity contribution in [3.8, 4) is 22.8 Å². The van der Waals surface area contributed by atoms with E-state index in [1.165, 1.54) is 0 Å². The molecule has 0 amide bonds. The maximum absolute atomic E-state index is 6.24. The molecule has 1 nitrogen and oxygen atoms in total. The lowest BCUT2D eigenvalue weighted by molar-refractivity contribution is 0.630. The highest BCUT2D eigenvalue weighted by Gasteiger charge is 2.41. The quantitative estimate of drug-likeness (QED) is 0.337. The fourth-order valence-corrected chi connectivity index (χ4v) is 9.77. The smallest absolute Gasteiger partial charge is 0.151 e. The highest BCUT2D eigenvalue weighted by Crippen LogP contribution is 2.41. The van der Waals surface area contributed by atoms with Crippen molar-refractivity contribution in [1.29, 1.82) is 0 Å². The van der Waals surface area contributed by atoms with Crippen LogP contribution in [0.3, 0.4) is 0 Å². The molecule has 0 atom stereocenters. The van der Waals surface area contributed by atoms with Crippen LogP contribution >= 0.6 is 0 Å². The average Bonchev–Trinajstić information content (AvgIpc) is 3.01. The number of rotatable bonds is 4. The number of benzene rings is 2. The van der Waals surface area contributed by atoms with Gasteiger partial charge in [-0.05, 0) is 28.8 Å². The highest BCUT2D eigenvalue weighted by molar-refractivity contribution is 6.90. The van der Waals surface area contributed by atoms with E-state index in [4.69, 9.17) is 4.42 Å². The summed E-state index contributed by atoms with van der Waals surface area (Å²) in [5, 5.41) is 1.11. The molecule has 0 saturated heterocycles. The summed E-state index contributed by atoms with van der Waals surface area (Å²) in [6, 6.07) is 18.6. The summed E-state index contributed by atoms with van der Waals surface area (Å²) in [5.41, 5.74) is 8.74. The molecule has 0 radical (unpaired) electrons. The van der Waals surface area contributed by atoms with E-state index in [1.807, 2.05) is 18.2 Å². The van der Waals surface area contributed by atoms with Crippen molar-refractivity contribution in [3.63, 3.8) is 0 Å². The summed E-state index contributed by atoms with van der Waals surface area (Å²) in [6.45, 7) is 14.1. The molecule has 3 aromatic rings. The zero-order valence-corrected chi connectivity index (χ0v) is 18.3. The average molecular weight is 375 g/mol. The monoisotopic (exact) mass is 374 g/mol. The Labute approximate surface area is 164 Å². The minimum absolute atomic E-state index is 0.614. The Bertz CT molecular complexity index is 946. The molecule has 0 bridgehead atoms. The first kappa shape index (κ1) is 19.5. The van der Waals surface area contributed by atoms with E-state index in [0.29, 0.717) is 16.6 Å². The van der Waals surface area contributed by atoms with Crippen molar-refractivity contribution >= 4 is 19.0 Å². The summed E-state index contributed by atoms with van der Waals surface area (Å²) in [6.07, 6.45) is 0. The lowest BCUT2D eigenvalue weighted by atomic mass is 10.1. The molecule has 2 heteroatoms. The molecule has 1 aromatic heterocycles. The van der Waals surface area contributed by atoms with Gasteiger partial charge < -0.3 is 4.42 Å². The molecule has 1 heterocycles. The first-order valence-corrected chi connectivity index (χ1v) is 12.2. The van der Waals surface area contributed by atoms with Crippen LogP contribution in [0.25, 0.3) is 22.3 Å².